The number of aromatic nitrogens is 5. The Labute approximate surface area is 101 Å². The average molecular weight is 234 g/mol. The average Bonchev–Trinajstić information content (AvgIpc) is 2.98. The Hall–Kier alpha value is -1.69. The molecule has 2 aromatic heterocycles. The summed E-state index contributed by atoms with van der Waals surface area (Å²) in [6, 6.07) is 0. The molecule has 0 aliphatic heterocycles. The fourth-order valence-corrected chi connectivity index (χ4v) is 1.70. The first kappa shape index (κ1) is 11.8. The van der Waals surface area contributed by atoms with E-state index in [2.05, 4.69) is 32.1 Å². The summed E-state index contributed by atoms with van der Waals surface area (Å²) in [6.45, 7) is 5.80. The summed E-state index contributed by atoms with van der Waals surface area (Å²) in [5.74, 6) is 0. The first-order chi connectivity index (χ1) is 8.40. The molecule has 1 N–H and O–H groups in total. The van der Waals surface area contributed by atoms with Gasteiger partial charge in [0.05, 0.1) is 18.2 Å². The van der Waals surface area contributed by atoms with Crippen LogP contribution in [0.2, 0.25) is 0 Å². The fourth-order valence-electron chi connectivity index (χ4n) is 1.70. The quantitative estimate of drug-likeness (QED) is 0.765. The van der Waals surface area contributed by atoms with E-state index in [9.17, 15) is 0 Å². The molecule has 0 fully saturated rings. The van der Waals surface area contributed by atoms with Gasteiger partial charge in [-0.05, 0) is 13.0 Å². The minimum absolute atomic E-state index is 0.875. The second-order valence-electron chi connectivity index (χ2n) is 3.88. The second-order valence-corrected chi connectivity index (χ2v) is 3.88. The van der Waals surface area contributed by atoms with Crippen LogP contribution in [0.3, 0.4) is 0 Å². The summed E-state index contributed by atoms with van der Waals surface area (Å²) >= 11 is 0. The number of nitrogens with one attached hydrogen (secondary N) is 1. The highest BCUT2D eigenvalue weighted by atomic mass is 15.4. The third kappa shape index (κ3) is 3.39. The van der Waals surface area contributed by atoms with Crippen molar-refractivity contribution in [3.63, 3.8) is 0 Å². The first-order valence-corrected chi connectivity index (χ1v) is 5.94. The third-order valence-electron chi connectivity index (χ3n) is 2.61. The van der Waals surface area contributed by atoms with Crippen LogP contribution in [0.4, 0.5) is 0 Å². The molecule has 0 atom stereocenters. The molecule has 0 aromatic carbocycles. The summed E-state index contributed by atoms with van der Waals surface area (Å²) < 4.78 is 4.03. The zero-order valence-electron chi connectivity index (χ0n) is 10.1. The molecule has 0 saturated heterocycles. The highest BCUT2D eigenvalue weighted by molar-refractivity contribution is 4.97. The van der Waals surface area contributed by atoms with Crippen molar-refractivity contribution in [3.05, 3.63) is 30.6 Å². The lowest BCUT2D eigenvalue weighted by Crippen LogP contribution is -2.15. The summed E-state index contributed by atoms with van der Waals surface area (Å²) in [5.41, 5.74) is 1.23. The fraction of sp³-hybridized carbons (Fsp3) is 0.545. The summed E-state index contributed by atoms with van der Waals surface area (Å²) in [5, 5.41) is 11.0. The molecule has 17 heavy (non-hydrogen) atoms. The van der Waals surface area contributed by atoms with Gasteiger partial charge in [-0.25, -0.2) is 4.98 Å². The summed E-state index contributed by atoms with van der Waals surface area (Å²) in [4.78, 5) is 4.18. The van der Waals surface area contributed by atoms with Gasteiger partial charge >= 0.3 is 0 Å². The molecular formula is C11H18N6. The normalized spacial score (nSPS) is 10.9. The second kappa shape index (κ2) is 6.15. The van der Waals surface area contributed by atoms with Crippen molar-refractivity contribution in [1.82, 2.24) is 29.9 Å². The standard InChI is InChI=1S/C11H18N6/c1-2-12-8-11-9-13-10-16(11)5-3-6-17-7-4-14-15-17/h4,7,9-10,12H,2-3,5-6,8H2,1H3. The van der Waals surface area contributed by atoms with E-state index in [0.29, 0.717) is 0 Å². The highest BCUT2D eigenvalue weighted by Gasteiger charge is 2.01. The van der Waals surface area contributed by atoms with Gasteiger partial charge in [-0.3, -0.25) is 4.68 Å². The highest BCUT2D eigenvalue weighted by Crippen LogP contribution is 2.01. The molecule has 0 amide bonds. The van der Waals surface area contributed by atoms with Crippen LogP contribution in [-0.4, -0.2) is 31.1 Å². The number of hydrogen-bond acceptors (Lipinski definition) is 4. The molecule has 0 radical (unpaired) electrons. The number of aryl methyl sites for hydroxylation is 2. The van der Waals surface area contributed by atoms with E-state index in [0.717, 1.165) is 32.6 Å². The van der Waals surface area contributed by atoms with Crippen LogP contribution in [0.25, 0.3) is 0 Å². The molecule has 0 saturated carbocycles. The maximum absolute atomic E-state index is 4.18. The number of imidazole rings is 1. The van der Waals surface area contributed by atoms with Gasteiger partial charge in [-0.1, -0.05) is 12.1 Å². The van der Waals surface area contributed by atoms with Crippen molar-refractivity contribution in [2.75, 3.05) is 6.54 Å². The lowest BCUT2D eigenvalue weighted by molar-refractivity contribution is 0.503. The first-order valence-electron chi connectivity index (χ1n) is 5.94. The zero-order chi connectivity index (χ0) is 11.9. The Bertz CT molecular complexity index is 419. The van der Waals surface area contributed by atoms with Crippen molar-refractivity contribution in [2.45, 2.75) is 33.0 Å². The zero-order valence-corrected chi connectivity index (χ0v) is 10.1. The lowest BCUT2D eigenvalue weighted by atomic mass is 10.4. The van der Waals surface area contributed by atoms with Crippen LogP contribution >= 0.6 is 0 Å². The van der Waals surface area contributed by atoms with Crippen LogP contribution in [0, 0.1) is 0 Å². The van der Waals surface area contributed by atoms with Crippen molar-refractivity contribution >= 4 is 0 Å². The third-order valence-corrected chi connectivity index (χ3v) is 2.61. The van der Waals surface area contributed by atoms with E-state index in [4.69, 9.17) is 0 Å². The molecule has 6 heteroatoms. The minimum atomic E-state index is 0.875. The minimum Gasteiger partial charge on any atom is -0.333 e. The van der Waals surface area contributed by atoms with E-state index in [-0.39, 0.29) is 0 Å². The van der Waals surface area contributed by atoms with Crippen LogP contribution < -0.4 is 5.32 Å². The SMILES string of the molecule is CCNCc1cncn1CCCn1ccnn1. The monoisotopic (exact) mass is 234 g/mol. The molecule has 0 bridgehead atoms. The topological polar surface area (TPSA) is 60.6 Å². The molecule has 0 aliphatic rings. The van der Waals surface area contributed by atoms with Crippen LogP contribution in [0.1, 0.15) is 19.0 Å². The molecule has 2 heterocycles. The molecule has 2 rings (SSSR count). The summed E-state index contributed by atoms with van der Waals surface area (Å²) in [6.07, 6.45) is 8.41. The maximum atomic E-state index is 4.18. The van der Waals surface area contributed by atoms with E-state index >= 15 is 0 Å². The largest absolute Gasteiger partial charge is 0.333 e. The molecule has 6 nitrogen and oxygen atoms in total. The number of hydrogen-bond donors (Lipinski definition) is 1. The molecule has 0 unspecified atom stereocenters. The van der Waals surface area contributed by atoms with Crippen LogP contribution in [0.15, 0.2) is 24.9 Å². The Kier molecular flexibility index (Phi) is 4.26. The Morgan fingerprint density at radius 3 is 3.06 bits per heavy atom. The summed E-state index contributed by atoms with van der Waals surface area (Å²) in [7, 11) is 0. The van der Waals surface area contributed by atoms with E-state index in [1.54, 1.807) is 6.20 Å². The van der Waals surface area contributed by atoms with Crippen molar-refractivity contribution in [2.24, 2.45) is 0 Å². The smallest absolute Gasteiger partial charge is 0.0948 e. The van der Waals surface area contributed by atoms with Gasteiger partial charge in [-0.2, -0.15) is 0 Å². The van der Waals surface area contributed by atoms with E-state index in [1.165, 1.54) is 5.69 Å². The Balaban J connectivity index is 1.80. The number of rotatable bonds is 7. The van der Waals surface area contributed by atoms with Gasteiger partial charge in [0.2, 0.25) is 0 Å². The Morgan fingerprint density at radius 1 is 1.35 bits per heavy atom. The van der Waals surface area contributed by atoms with Gasteiger partial charge in [0.15, 0.2) is 0 Å². The van der Waals surface area contributed by atoms with Gasteiger partial charge in [-0.15, -0.1) is 5.10 Å². The van der Waals surface area contributed by atoms with E-state index in [1.807, 2.05) is 23.4 Å². The van der Waals surface area contributed by atoms with Crippen molar-refractivity contribution in [1.29, 1.82) is 0 Å². The predicted octanol–water partition coefficient (Wildman–Crippen LogP) is 0.674. The molecule has 0 aliphatic carbocycles. The number of nitrogens with zero attached hydrogens (tertiary/aromatic N) is 5. The lowest BCUT2D eigenvalue weighted by Gasteiger charge is -2.08. The molecule has 2 aromatic rings. The predicted molar refractivity (Wildman–Crippen MR) is 64.2 cm³/mol. The van der Waals surface area contributed by atoms with Gasteiger partial charge in [0.1, 0.15) is 0 Å². The van der Waals surface area contributed by atoms with Crippen LogP contribution in [-0.2, 0) is 19.6 Å². The Morgan fingerprint density at radius 2 is 2.29 bits per heavy atom. The molecule has 92 valence electrons. The molecule has 0 spiro atoms. The van der Waals surface area contributed by atoms with Crippen molar-refractivity contribution < 1.29 is 0 Å². The van der Waals surface area contributed by atoms with Gasteiger partial charge < -0.3 is 9.88 Å². The van der Waals surface area contributed by atoms with E-state index < -0.39 is 0 Å². The maximum Gasteiger partial charge on any atom is 0.0948 e. The van der Waals surface area contributed by atoms with Gasteiger partial charge in [0, 0.05) is 32.0 Å². The van der Waals surface area contributed by atoms with Crippen LogP contribution in [0.5, 0.6) is 0 Å². The van der Waals surface area contributed by atoms with Gasteiger partial charge in [0.25, 0.3) is 0 Å². The van der Waals surface area contributed by atoms with Crippen molar-refractivity contribution in [3.8, 4) is 0 Å². The molecular weight excluding hydrogens is 216 g/mol.